The number of hydrogen-bond acceptors (Lipinski definition) is 2. The monoisotopic (exact) mass is 167 g/mol. The molecule has 0 aliphatic carbocycles. The Morgan fingerprint density at radius 1 is 1.42 bits per heavy atom. The van der Waals surface area contributed by atoms with Crippen LogP contribution in [-0.2, 0) is 4.84 Å². The van der Waals surface area contributed by atoms with Gasteiger partial charge in [0, 0.05) is 5.56 Å². The lowest BCUT2D eigenvalue weighted by molar-refractivity contribution is 0.213. The third-order valence-corrected chi connectivity index (χ3v) is 1.49. The number of hydrogen-bond donors (Lipinski definition) is 0. The molecule has 0 aliphatic heterocycles. The van der Waals surface area contributed by atoms with Crippen LogP contribution in [0.2, 0.25) is 0 Å². The molecule has 0 aliphatic rings. The highest BCUT2D eigenvalue weighted by Crippen LogP contribution is 2.07. The Kier molecular flexibility index (Phi) is 2.80. The summed E-state index contributed by atoms with van der Waals surface area (Å²) in [6, 6.07) is 6.45. The van der Waals surface area contributed by atoms with E-state index in [4.69, 9.17) is 0 Å². The summed E-state index contributed by atoms with van der Waals surface area (Å²) < 4.78 is 13.0. The van der Waals surface area contributed by atoms with Crippen LogP contribution >= 0.6 is 0 Å². The van der Waals surface area contributed by atoms with E-state index in [1.807, 2.05) is 0 Å². The summed E-state index contributed by atoms with van der Waals surface area (Å²) in [5.74, 6) is -0.282. The Bertz CT molecular complexity index is 296. The molecule has 0 saturated heterocycles. The second-order valence-corrected chi connectivity index (χ2v) is 2.34. The van der Waals surface area contributed by atoms with E-state index in [0.717, 1.165) is 0 Å². The molecule has 0 heterocycles. The molecule has 0 aromatic heterocycles. The zero-order valence-corrected chi connectivity index (χ0v) is 7.04. The van der Waals surface area contributed by atoms with Gasteiger partial charge in [-0.1, -0.05) is 23.4 Å². The summed E-state index contributed by atoms with van der Waals surface area (Å²) >= 11 is 0. The predicted octanol–water partition coefficient (Wildman–Crippen LogP) is 2.20. The van der Waals surface area contributed by atoms with Crippen LogP contribution in [0.1, 0.15) is 12.5 Å². The topological polar surface area (TPSA) is 21.6 Å². The summed E-state index contributed by atoms with van der Waals surface area (Å²) in [5.41, 5.74) is 1.01. The van der Waals surface area contributed by atoms with Crippen molar-refractivity contribution in [2.24, 2.45) is 5.16 Å². The molecule has 1 aromatic carbocycles. The molecule has 0 spiro atoms. The Labute approximate surface area is 70.7 Å². The van der Waals surface area contributed by atoms with Crippen molar-refractivity contribution in [1.29, 1.82) is 0 Å². The minimum Gasteiger partial charge on any atom is -0.399 e. The van der Waals surface area contributed by atoms with Gasteiger partial charge >= 0.3 is 0 Å². The quantitative estimate of drug-likeness (QED) is 0.488. The second-order valence-electron chi connectivity index (χ2n) is 2.34. The van der Waals surface area contributed by atoms with Crippen LogP contribution in [0, 0.1) is 5.82 Å². The van der Waals surface area contributed by atoms with E-state index in [9.17, 15) is 4.39 Å². The van der Waals surface area contributed by atoms with Crippen LogP contribution in [0.4, 0.5) is 4.39 Å². The SMILES string of the molecule is CO/N=C(\C)c1ccccc1F. The van der Waals surface area contributed by atoms with E-state index in [1.54, 1.807) is 25.1 Å². The lowest BCUT2D eigenvalue weighted by Gasteiger charge is -1.99. The van der Waals surface area contributed by atoms with Crippen LogP contribution in [-0.4, -0.2) is 12.8 Å². The summed E-state index contributed by atoms with van der Waals surface area (Å²) in [7, 11) is 1.43. The second kappa shape index (κ2) is 3.85. The first kappa shape index (κ1) is 8.71. The largest absolute Gasteiger partial charge is 0.399 e. The minimum absolute atomic E-state index is 0.282. The Morgan fingerprint density at radius 2 is 2.08 bits per heavy atom. The predicted molar refractivity (Wildman–Crippen MR) is 45.6 cm³/mol. The molecule has 3 heteroatoms. The van der Waals surface area contributed by atoms with E-state index in [-0.39, 0.29) is 5.82 Å². The number of nitrogens with zero attached hydrogens (tertiary/aromatic N) is 1. The zero-order valence-electron chi connectivity index (χ0n) is 7.04. The Morgan fingerprint density at radius 3 is 2.67 bits per heavy atom. The number of benzene rings is 1. The maximum Gasteiger partial charge on any atom is 0.132 e. The summed E-state index contributed by atoms with van der Waals surface area (Å²) in [6.07, 6.45) is 0. The molecule has 0 saturated carbocycles. The van der Waals surface area contributed by atoms with Crippen molar-refractivity contribution < 1.29 is 9.23 Å². The number of halogens is 1. The fourth-order valence-corrected chi connectivity index (χ4v) is 0.941. The highest BCUT2D eigenvalue weighted by atomic mass is 19.1. The Balaban J connectivity index is 3.02. The van der Waals surface area contributed by atoms with Crippen LogP contribution < -0.4 is 0 Å². The van der Waals surface area contributed by atoms with Crippen molar-refractivity contribution in [3.63, 3.8) is 0 Å². The fraction of sp³-hybridized carbons (Fsp3) is 0.222. The van der Waals surface area contributed by atoms with E-state index in [1.165, 1.54) is 13.2 Å². The molecule has 0 atom stereocenters. The normalized spacial score (nSPS) is 11.4. The fourth-order valence-electron chi connectivity index (χ4n) is 0.941. The van der Waals surface area contributed by atoms with Gasteiger partial charge < -0.3 is 4.84 Å². The van der Waals surface area contributed by atoms with Gasteiger partial charge in [-0.05, 0) is 13.0 Å². The molecule has 64 valence electrons. The maximum absolute atomic E-state index is 13.0. The lowest BCUT2D eigenvalue weighted by Crippen LogP contribution is -1.98. The van der Waals surface area contributed by atoms with Gasteiger partial charge in [-0.2, -0.15) is 0 Å². The third kappa shape index (κ3) is 1.81. The molecule has 0 fully saturated rings. The molecule has 0 amide bonds. The Hall–Kier alpha value is -1.38. The lowest BCUT2D eigenvalue weighted by atomic mass is 10.1. The number of oxime groups is 1. The van der Waals surface area contributed by atoms with Gasteiger partial charge in [-0.25, -0.2) is 4.39 Å². The molecule has 0 radical (unpaired) electrons. The van der Waals surface area contributed by atoms with E-state index < -0.39 is 0 Å². The summed E-state index contributed by atoms with van der Waals surface area (Å²) in [4.78, 5) is 4.53. The van der Waals surface area contributed by atoms with Crippen molar-refractivity contribution in [2.45, 2.75) is 6.92 Å². The summed E-state index contributed by atoms with van der Waals surface area (Å²) in [5, 5.41) is 3.63. The van der Waals surface area contributed by atoms with Gasteiger partial charge in [-0.3, -0.25) is 0 Å². The van der Waals surface area contributed by atoms with Gasteiger partial charge in [0.2, 0.25) is 0 Å². The van der Waals surface area contributed by atoms with Crippen molar-refractivity contribution in [1.82, 2.24) is 0 Å². The summed E-state index contributed by atoms with van der Waals surface area (Å²) in [6.45, 7) is 1.70. The first-order chi connectivity index (χ1) is 5.75. The van der Waals surface area contributed by atoms with E-state index in [0.29, 0.717) is 11.3 Å². The maximum atomic E-state index is 13.0. The van der Waals surface area contributed by atoms with Crippen molar-refractivity contribution in [2.75, 3.05) is 7.11 Å². The standard InChI is InChI=1S/C9H10FNO/c1-7(11-12-2)8-5-3-4-6-9(8)10/h3-6H,1-2H3/b11-7+. The van der Waals surface area contributed by atoms with Crippen molar-refractivity contribution in [3.05, 3.63) is 35.6 Å². The van der Waals surface area contributed by atoms with Crippen molar-refractivity contribution >= 4 is 5.71 Å². The molecular formula is C9H10FNO. The molecule has 2 nitrogen and oxygen atoms in total. The molecule has 1 rings (SSSR count). The zero-order chi connectivity index (χ0) is 8.97. The smallest absolute Gasteiger partial charge is 0.132 e. The molecule has 0 bridgehead atoms. The average Bonchev–Trinajstić information content (AvgIpc) is 2.05. The minimum atomic E-state index is -0.282. The van der Waals surface area contributed by atoms with Gasteiger partial charge in [0.25, 0.3) is 0 Å². The van der Waals surface area contributed by atoms with Crippen molar-refractivity contribution in [3.8, 4) is 0 Å². The van der Waals surface area contributed by atoms with Gasteiger partial charge in [0.1, 0.15) is 12.9 Å². The van der Waals surface area contributed by atoms with Gasteiger partial charge in [-0.15, -0.1) is 0 Å². The van der Waals surface area contributed by atoms with Gasteiger partial charge in [0.15, 0.2) is 0 Å². The molecule has 0 unspecified atom stereocenters. The molecule has 12 heavy (non-hydrogen) atoms. The first-order valence-electron chi connectivity index (χ1n) is 3.58. The third-order valence-electron chi connectivity index (χ3n) is 1.49. The average molecular weight is 167 g/mol. The van der Waals surface area contributed by atoms with E-state index in [2.05, 4.69) is 9.99 Å². The highest BCUT2D eigenvalue weighted by Gasteiger charge is 2.03. The first-order valence-corrected chi connectivity index (χ1v) is 3.58. The molecular weight excluding hydrogens is 157 g/mol. The molecule has 1 aromatic rings. The molecule has 0 N–H and O–H groups in total. The highest BCUT2D eigenvalue weighted by molar-refractivity contribution is 5.98. The van der Waals surface area contributed by atoms with E-state index >= 15 is 0 Å². The van der Waals surface area contributed by atoms with Gasteiger partial charge in [0.05, 0.1) is 5.71 Å². The van der Waals surface area contributed by atoms with Crippen LogP contribution in [0.15, 0.2) is 29.4 Å². The van der Waals surface area contributed by atoms with Crippen LogP contribution in [0.25, 0.3) is 0 Å². The van der Waals surface area contributed by atoms with Crippen LogP contribution in [0.3, 0.4) is 0 Å². The van der Waals surface area contributed by atoms with Crippen LogP contribution in [0.5, 0.6) is 0 Å². The number of rotatable bonds is 2.